The van der Waals surface area contributed by atoms with E-state index in [1.54, 1.807) is 11.3 Å². The summed E-state index contributed by atoms with van der Waals surface area (Å²) in [6.45, 7) is 11.3. The highest BCUT2D eigenvalue weighted by Gasteiger charge is 2.18. The molecule has 0 unspecified atom stereocenters. The van der Waals surface area contributed by atoms with Gasteiger partial charge in [-0.2, -0.15) is 0 Å². The molecule has 24 heavy (non-hydrogen) atoms. The van der Waals surface area contributed by atoms with Crippen LogP contribution in [0.15, 0.2) is 29.6 Å². The Labute approximate surface area is 148 Å². The number of hydrogen-bond donors (Lipinski definition) is 2. The summed E-state index contributed by atoms with van der Waals surface area (Å²) in [6.07, 6.45) is 0.490. The minimum atomic E-state index is 0.0344. The fourth-order valence-corrected chi connectivity index (χ4v) is 3.12. The molecule has 5 heteroatoms. The lowest BCUT2D eigenvalue weighted by Crippen LogP contribution is -2.19. The molecule has 1 aromatic carbocycles. The third kappa shape index (κ3) is 5.14. The highest BCUT2D eigenvalue weighted by atomic mass is 32.1. The minimum Gasteiger partial charge on any atom is -0.326 e. The SMILES string of the molecule is CCC(=O)Nc1ccc([C@@H](C)NCc2csc(C(C)(C)C)n2)cc1. The second kappa shape index (κ2) is 7.90. The van der Waals surface area contributed by atoms with Crippen molar-refractivity contribution in [3.63, 3.8) is 0 Å². The Morgan fingerprint density at radius 3 is 2.46 bits per heavy atom. The second-order valence-electron chi connectivity index (χ2n) is 7.02. The van der Waals surface area contributed by atoms with Crippen molar-refractivity contribution in [1.29, 1.82) is 0 Å². The van der Waals surface area contributed by atoms with Gasteiger partial charge in [-0.15, -0.1) is 11.3 Å². The lowest BCUT2D eigenvalue weighted by Gasteiger charge is -2.15. The number of rotatable bonds is 6. The van der Waals surface area contributed by atoms with E-state index < -0.39 is 0 Å². The van der Waals surface area contributed by atoms with Crippen LogP contribution in [-0.4, -0.2) is 10.9 Å². The Kier molecular flexibility index (Phi) is 6.13. The Balaban J connectivity index is 1.91. The molecule has 2 aromatic rings. The van der Waals surface area contributed by atoms with Gasteiger partial charge in [-0.1, -0.05) is 39.8 Å². The van der Waals surface area contributed by atoms with E-state index in [1.807, 2.05) is 31.2 Å². The molecule has 2 N–H and O–H groups in total. The fraction of sp³-hybridized carbons (Fsp3) is 0.474. The van der Waals surface area contributed by atoms with Gasteiger partial charge in [0, 0.05) is 35.5 Å². The zero-order chi connectivity index (χ0) is 17.7. The van der Waals surface area contributed by atoms with Crippen molar-refractivity contribution in [2.45, 2.75) is 59.0 Å². The molecule has 4 nitrogen and oxygen atoms in total. The first kappa shape index (κ1) is 18.6. The average molecular weight is 346 g/mol. The van der Waals surface area contributed by atoms with Crippen molar-refractivity contribution in [2.24, 2.45) is 0 Å². The maximum Gasteiger partial charge on any atom is 0.224 e. The molecule has 0 saturated carbocycles. The molecule has 1 amide bonds. The van der Waals surface area contributed by atoms with Crippen molar-refractivity contribution >= 4 is 22.9 Å². The molecule has 0 aliphatic heterocycles. The van der Waals surface area contributed by atoms with Gasteiger partial charge in [-0.3, -0.25) is 4.79 Å². The predicted molar refractivity (Wildman–Crippen MR) is 101 cm³/mol. The van der Waals surface area contributed by atoms with Crippen LogP contribution in [0.3, 0.4) is 0 Å². The summed E-state index contributed by atoms with van der Waals surface area (Å²) in [5.74, 6) is 0.0344. The monoisotopic (exact) mass is 345 g/mol. The summed E-state index contributed by atoms with van der Waals surface area (Å²) < 4.78 is 0. The molecule has 0 aliphatic carbocycles. The van der Waals surface area contributed by atoms with Crippen molar-refractivity contribution < 1.29 is 4.79 Å². The van der Waals surface area contributed by atoms with Gasteiger partial charge in [-0.05, 0) is 24.6 Å². The third-order valence-electron chi connectivity index (χ3n) is 3.80. The summed E-state index contributed by atoms with van der Waals surface area (Å²) in [6, 6.07) is 8.21. The zero-order valence-corrected chi connectivity index (χ0v) is 16.0. The standard InChI is InChI=1S/C19H27N3OS/c1-6-17(23)21-15-9-7-14(8-10-15)13(2)20-11-16-12-24-18(22-16)19(3,4)5/h7-10,12-13,20H,6,11H2,1-5H3,(H,21,23)/t13-/m1/s1. The third-order valence-corrected chi connectivity index (χ3v) is 5.12. The van der Waals surface area contributed by atoms with E-state index in [9.17, 15) is 4.79 Å². The molecule has 0 bridgehead atoms. The van der Waals surface area contributed by atoms with Crippen molar-refractivity contribution in [3.05, 3.63) is 45.9 Å². The molecule has 0 radical (unpaired) electrons. The number of hydrogen-bond acceptors (Lipinski definition) is 4. The van der Waals surface area contributed by atoms with Crippen LogP contribution in [-0.2, 0) is 16.8 Å². The summed E-state index contributed by atoms with van der Waals surface area (Å²) >= 11 is 1.72. The average Bonchev–Trinajstić information content (AvgIpc) is 3.02. The van der Waals surface area contributed by atoms with Gasteiger partial charge < -0.3 is 10.6 Å². The van der Waals surface area contributed by atoms with Gasteiger partial charge in [0.05, 0.1) is 10.7 Å². The lowest BCUT2D eigenvalue weighted by atomic mass is 9.98. The van der Waals surface area contributed by atoms with Crippen LogP contribution in [0, 0.1) is 0 Å². The normalized spacial score (nSPS) is 12.9. The number of anilines is 1. The highest BCUT2D eigenvalue weighted by Crippen LogP contribution is 2.25. The highest BCUT2D eigenvalue weighted by molar-refractivity contribution is 7.09. The number of amides is 1. The molecule has 0 fully saturated rings. The number of nitrogens with one attached hydrogen (secondary N) is 2. The number of aromatic nitrogens is 1. The topological polar surface area (TPSA) is 54.0 Å². The molecular weight excluding hydrogens is 318 g/mol. The Morgan fingerprint density at radius 1 is 1.25 bits per heavy atom. The molecule has 1 atom stereocenters. The summed E-state index contributed by atoms with van der Waals surface area (Å²) in [5, 5.41) is 9.67. The zero-order valence-electron chi connectivity index (χ0n) is 15.1. The molecular formula is C19H27N3OS. The van der Waals surface area contributed by atoms with E-state index in [1.165, 1.54) is 10.6 Å². The van der Waals surface area contributed by atoms with Crippen molar-refractivity contribution in [3.8, 4) is 0 Å². The van der Waals surface area contributed by atoms with Gasteiger partial charge in [0.1, 0.15) is 0 Å². The molecule has 1 heterocycles. The number of carbonyl (C=O) groups excluding carboxylic acids is 1. The maximum absolute atomic E-state index is 11.4. The van der Waals surface area contributed by atoms with Crippen molar-refractivity contribution in [1.82, 2.24) is 10.3 Å². The smallest absolute Gasteiger partial charge is 0.224 e. The van der Waals surface area contributed by atoms with E-state index >= 15 is 0 Å². The van der Waals surface area contributed by atoms with Crippen molar-refractivity contribution in [2.75, 3.05) is 5.32 Å². The van der Waals surface area contributed by atoms with Crippen LogP contribution in [0.25, 0.3) is 0 Å². The Hall–Kier alpha value is -1.72. The molecule has 0 spiro atoms. The summed E-state index contributed by atoms with van der Waals surface area (Å²) in [7, 11) is 0. The lowest BCUT2D eigenvalue weighted by molar-refractivity contribution is -0.115. The number of carbonyl (C=O) groups is 1. The Bertz CT molecular complexity index is 671. The molecule has 0 aliphatic rings. The van der Waals surface area contributed by atoms with E-state index in [0.29, 0.717) is 6.42 Å². The quantitative estimate of drug-likeness (QED) is 0.802. The van der Waals surface area contributed by atoms with Gasteiger partial charge in [-0.25, -0.2) is 4.98 Å². The van der Waals surface area contributed by atoms with E-state index in [-0.39, 0.29) is 17.4 Å². The van der Waals surface area contributed by atoms with Crippen LogP contribution in [0.4, 0.5) is 5.69 Å². The van der Waals surface area contributed by atoms with Crippen LogP contribution < -0.4 is 10.6 Å². The molecule has 130 valence electrons. The van der Waals surface area contributed by atoms with Crippen LogP contribution in [0.5, 0.6) is 0 Å². The van der Waals surface area contributed by atoms with Crippen LogP contribution >= 0.6 is 11.3 Å². The second-order valence-corrected chi connectivity index (χ2v) is 7.88. The summed E-state index contributed by atoms with van der Waals surface area (Å²) in [5.41, 5.74) is 3.22. The first-order chi connectivity index (χ1) is 11.3. The van der Waals surface area contributed by atoms with Crippen LogP contribution in [0.1, 0.15) is 63.3 Å². The number of benzene rings is 1. The van der Waals surface area contributed by atoms with E-state index in [4.69, 9.17) is 4.98 Å². The number of nitrogens with zero attached hydrogens (tertiary/aromatic N) is 1. The largest absolute Gasteiger partial charge is 0.326 e. The predicted octanol–water partition coefficient (Wildman–Crippen LogP) is 4.64. The van der Waals surface area contributed by atoms with Gasteiger partial charge in [0.15, 0.2) is 0 Å². The minimum absolute atomic E-state index is 0.0344. The van der Waals surface area contributed by atoms with Gasteiger partial charge in [0.2, 0.25) is 5.91 Å². The fourth-order valence-electron chi connectivity index (χ4n) is 2.21. The van der Waals surface area contributed by atoms with E-state index in [2.05, 4.69) is 43.7 Å². The van der Waals surface area contributed by atoms with Gasteiger partial charge >= 0.3 is 0 Å². The maximum atomic E-state index is 11.4. The first-order valence-electron chi connectivity index (χ1n) is 8.37. The first-order valence-corrected chi connectivity index (χ1v) is 9.25. The Morgan fingerprint density at radius 2 is 1.92 bits per heavy atom. The molecule has 2 rings (SSSR count). The summed E-state index contributed by atoms with van der Waals surface area (Å²) in [4.78, 5) is 16.1. The van der Waals surface area contributed by atoms with Gasteiger partial charge in [0.25, 0.3) is 0 Å². The molecule has 1 aromatic heterocycles. The number of thiazole rings is 1. The van der Waals surface area contributed by atoms with E-state index in [0.717, 1.165) is 17.9 Å². The molecule has 0 saturated heterocycles. The van der Waals surface area contributed by atoms with Crippen LogP contribution in [0.2, 0.25) is 0 Å².